The summed E-state index contributed by atoms with van der Waals surface area (Å²) in [6.45, 7) is 5.83. The Balaban J connectivity index is 2.22. The Morgan fingerprint density at radius 3 is 2.59 bits per heavy atom. The van der Waals surface area contributed by atoms with Gasteiger partial charge in [0.15, 0.2) is 0 Å². The maximum Gasteiger partial charge on any atom is 0.251 e. The summed E-state index contributed by atoms with van der Waals surface area (Å²) in [6.07, 6.45) is 3.60. The highest BCUT2D eigenvalue weighted by Crippen LogP contribution is 2.12. The molecule has 0 atom stereocenters. The van der Waals surface area contributed by atoms with Gasteiger partial charge in [-0.3, -0.25) is 14.4 Å². The van der Waals surface area contributed by atoms with Crippen molar-refractivity contribution in [3.8, 4) is 0 Å². The van der Waals surface area contributed by atoms with Crippen LogP contribution in [0.25, 0.3) is 0 Å². The lowest BCUT2D eigenvalue weighted by atomic mass is 10.3. The fourth-order valence-electron chi connectivity index (χ4n) is 1.42. The van der Waals surface area contributed by atoms with E-state index in [1.54, 1.807) is 6.08 Å². The first-order chi connectivity index (χ1) is 8.00. The molecule has 1 rings (SSSR count). The SMILES string of the molecule is C=C1C=CC(=O)N1CCC(=O)NCCC(C)=O. The molecule has 1 heterocycles. The number of ketones is 1. The van der Waals surface area contributed by atoms with Gasteiger partial charge in [-0.05, 0) is 13.0 Å². The number of hydrogen-bond donors (Lipinski definition) is 1. The lowest BCUT2D eigenvalue weighted by Crippen LogP contribution is -2.31. The molecule has 1 aliphatic rings. The van der Waals surface area contributed by atoms with Crippen molar-refractivity contribution in [3.63, 3.8) is 0 Å². The molecule has 5 heteroatoms. The van der Waals surface area contributed by atoms with Crippen LogP contribution in [0.3, 0.4) is 0 Å². The van der Waals surface area contributed by atoms with E-state index in [0.29, 0.717) is 25.2 Å². The Morgan fingerprint density at radius 1 is 1.35 bits per heavy atom. The lowest BCUT2D eigenvalue weighted by Gasteiger charge is -2.16. The maximum atomic E-state index is 11.4. The van der Waals surface area contributed by atoms with Gasteiger partial charge in [-0.25, -0.2) is 0 Å². The summed E-state index contributed by atoms with van der Waals surface area (Å²) in [5, 5.41) is 2.62. The molecule has 0 aromatic carbocycles. The normalized spacial score (nSPS) is 14.3. The highest BCUT2D eigenvalue weighted by Gasteiger charge is 2.18. The van der Waals surface area contributed by atoms with Gasteiger partial charge in [-0.1, -0.05) is 6.58 Å². The fourth-order valence-corrected chi connectivity index (χ4v) is 1.42. The minimum atomic E-state index is -0.168. The third kappa shape index (κ3) is 4.22. The van der Waals surface area contributed by atoms with Crippen molar-refractivity contribution in [2.24, 2.45) is 0 Å². The first-order valence-electron chi connectivity index (χ1n) is 5.45. The number of carbonyl (C=O) groups excluding carboxylic acids is 3. The summed E-state index contributed by atoms with van der Waals surface area (Å²) in [5.41, 5.74) is 0.603. The minimum Gasteiger partial charge on any atom is -0.356 e. The number of carbonyl (C=O) groups is 3. The molecule has 17 heavy (non-hydrogen) atoms. The molecule has 0 radical (unpaired) electrons. The maximum absolute atomic E-state index is 11.4. The molecule has 0 bridgehead atoms. The van der Waals surface area contributed by atoms with Gasteiger partial charge in [0.05, 0.1) is 0 Å². The van der Waals surface area contributed by atoms with Gasteiger partial charge < -0.3 is 10.2 Å². The van der Waals surface area contributed by atoms with Crippen molar-refractivity contribution in [3.05, 3.63) is 24.4 Å². The number of hydrogen-bond acceptors (Lipinski definition) is 3. The molecule has 0 saturated carbocycles. The average molecular weight is 236 g/mol. The Labute approximate surface area is 100 Å². The summed E-state index contributed by atoms with van der Waals surface area (Å²) in [4.78, 5) is 34.8. The number of nitrogens with one attached hydrogen (secondary N) is 1. The van der Waals surface area contributed by atoms with Crippen LogP contribution in [0.4, 0.5) is 0 Å². The molecule has 1 N–H and O–H groups in total. The van der Waals surface area contributed by atoms with E-state index in [1.807, 2.05) is 0 Å². The van der Waals surface area contributed by atoms with Gasteiger partial charge in [0, 0.05) is 37.7 Å². The van der Waals surface area contributed by atoms with Crippen molar-refractivity contribution in [1.82, 2.24) is 10.2 Å². The predicted octanol–water partition coefficient (Wildman–Crippen LogP) is 0.384. The highest BCUT2D eigenvalue weighted by molar-refractivity contribution is 5.93. The predicted molar refractivity (Wildman–Crippen MR) is 62.9 cm³/mol. The minimum absolute atomic E-state index is 0.0394. The zero-order valence-corrected chi connectivity index (χ0v) is 9.86. The van der Waals surface area contributed by atoms with Gasteiger partial charge in [-0.2, -0.15) is 0 Å². The van der Waals surface area contributed by atoms with E-state index in [2.05, 4.69) is 11.9 Å². The molecule has 1 aliphatic heterocycles. The third-order valence-electron chi connectivity index (χ3n) is 2.39. The molecule has 0 aromatic rings. The number of amides is 2. The molecular weight excluding hydrogens is 220 g/mol. The molecule has 0 spiro atoms. The van der Waals surface area contributed by atoms with E-state index in [1.165, 1.54) is 17.9 Å². The van der Waals surface area contributed by atoms with Crippen molar-refractivity contribution < 1.29 is 14.4 Å². The van der Waals surface area contributed by atoms with Gasteiger partial charge in [0.25, 0.3) is 5.91 Å². The smallest absolute Gasteiger partial charge is 0.251 e. The van der Waals surface area contributed by atoms with E-state index in [9.17, 15) is 14.4 Å². The molecule has 2 amide bonds. The van der Waals surface area contributed by atoms with Gasteiger partial charge in [-0.15, -0.1) is 0 Å². The average Bonchev–Trinajstić information content (AvgIpc) is 2.55. The van der Waals surface area contributed by atoms with E-state index < -0.39 is 0 Å². The summed E-state index contributed by atoms with van der Waals surface area (Å²) < 4.78 is 0. The van der Waals surface area contributed by atoms with Crippen LogP contribution in [0, 0.1) is 0 Å². The highest BCUT2D eigenvalue weighted by atomic mass is 16.2. The summed E-state index contributed by atoms with van der Waals surface area (Å²) in [5.74, 6) is -0.275. The zero-order valence-electron chi connectivity index (χ0n) is 9.86. The van der Waals surface area contributed by atoms with E-state index in [-0.39, 0.29) is 24.0 Å². The Morgan fingerprint density at radius 2 is 2.06 bits per heavy atom. The van der Waals surface area contributed by atoms with Crippen LogP contribution >= 0.6 is 0 Å². The molecule has 0 saturated heterocycles. The summed E-state index contributed by atoms with van der Waals surface area (Å²) in [6, 6.07) is 0. The largest absolute Gasteiger partial charge is 0.356 e. The van der Waals surface area contributed by atoms with Crippen molar-refractivity contribution in [1.29, 1.82) is 0 Å². The fraction of sp³-hybridized carbons (Fsp3) is 0.417. The van der Waals surface area contributed by atoms with Crippen LogP contribution in [-0.4, -0.2) is 35.6 Å². The van der Waals surface area contributed by atoms with Crippen LogP contribution < -0.4 is 5.32 Å². The van der Waals surface area contributed by atoms with Crippen LogP contribution in [0.2, 0.25) is 0 Å². The molecule has 5 nitrogen and oxygen atoms in total. The number of Topliss-reactive ketones (excluding diaryl/α,β-unsaturated/α-hetero) is 1. The van der Waals surface area contributed by atoms with Crippen LogP contribution in [0.15, 0.2) is 24.4 Å². The quantitative estimate of drug-likeness (QED) is 0.725. The second kappa shape index (κ2) is 5.98. The summed E-state index contributed by atoms with van der Waals surface area (Å²) >= 11 is 0. The zero-order chi connectivity index (χ0) is 12.8. The van der Waals surface area contributed by atoms with Gasteiger partial charge >= 0.3 is 0 Å². The standard InChI is InChI=1S/C12H16N2O3/c1-9-3-4-12(17)14(9)8-6-11(16)13-7-5-10(2)15/h3-4H,1,5-8H2,2H3,(H,13,16). The van der Waals surface area contributed by atoms with Crippen LogP contribution in [-0.2, 0) is 14.4 Å². The molecule has 0 aromatic heterocycles. The number of allylic oxidation sites excluding steroid dienone is 1. The first-order valence-corrected chi connectivity index (χ1v) is 5.45. The number of rotatable bonds is 6. The topological polar surface area (TPSA) is 66.5 Å². The first kappa shape index (κ1) is 13.2. The monoisotopic (exact) mass is 236 g/mol. The second-order valence-corrected chi connectivity index (χ2v) is 3.87. The van der Waals surface area contributed by atoms with Gasteiger partial charge in [0.2, 0.25) is 5.91 Å². The van der Waals surface area contributed by atoms with E-state index in [4.69, 9.17) is 0 Å². The second-order valence-electron chi connectivity index (χ2n) is 3.87. The Kier molecular flexibility index (Phi) is 4.63. The Bertz CT molecular complexity index is 367. The van der Waals surface area contributed by atoms with Crippen molar-refractivity contribution >= 4 is 17.6 Å². The van der Waals surface area contributed by atoms with Crippen LogP contribution in [0.5, 0.6) is 0 Å². The molecule has 0 aliphatic carbocycles. The molecular formula is C12H16N2O3. The van der Waals surface area contributed by atoms with E-state index in [0.717, 1.165) is 0 Å². The molecule has 92 valence electrons. The Hall–Kier alpha value is -1.91. The van der Waals surface area contributed by atoms with Crippen molar-refractivity contribution in [2.45, 2.75) is 19.8 Å². The van der Waals surface area contributed by atoms with Crippen LogP contribution in [0.1, 0.15) is 19.8 Å². The molecule has 0 fully saturated rings. The lowest BCUT2D eigenvalue weighted by molar-refractivity contribution is -0.124. The van der Waals surface area contributed by atoms with Gasteiger partial charge in [0.1, 0.15) is 5.78 Å². The third-order valence-corrected chi connectivity index (χ3v) is 2.39. The molecule has 0 unspecified atom stereocenters. The summed E-state index contributed by atoms with van der Waals surface area (Å²) in [7, 11) is 0. The number of nitrogens with zero attached hydrogens (tertiary/aromatic N) is 1. The van der Waals surface area contributed by atoms with Crippen molar-refractivity contribution in [2.75, 3.05) is 13.1 Å². The van der Waals surface area contributed by atoms with E-state index >= 15 is 0 Å².